The topological polar surface area (TPSA) is 43.4 Å². The van der Waals surface area contributed by atoms with E-state index in [2.05, 4.69) is 6.92 Å². The van der Waals surface area contributed by atoms with Gasteiger partial charge in [0, 0.05) is 12.8 Å². The van der Waals surface area contributed by atoms with E-state index < -0.39 is 5.92 Å². The minimum absolute atomic E-state index is 0.0826. The Morgan fingerprint density at radius 2 is 1.62 bits per heavy atom. The lowest BCUT2D eigenvalue weighted by atomic mass is 9.76. The molecule has 29 heavy (non-hydrogen) atoms. The molecule has 3 nitrogen and oxygen atoms in total. The van der Waals surface area contributed by atoms with Crippen LogP contribution in [0.1, 0.15) is 57.4 Å². The van der Waals surface area contributed by atoms with Crippen LogP contribution in [-0.2, 0) is 16.0 Å². The SMILES string of the molecule is CCCCCC1CCC(C(=O)Cc2ccc(-c3ccc(OC)cc3)cc2)C(=O)C1. The molecule has 2 unspecified atom stereocenters. The number of ether oxygens (including phenoxy) is 1. The summed E-state index contributed by atoms with van der Waals surface area (Å²) in [7, 11) is 1.66. The monoisotopic (exact) mass is 392 g/mol. The largest absolute Gasteiger partial charge is 0.497 e. The first-order valence-electron chi connectivity index (χ1n) is 10.9. The van der Waals surface area contributed by atoms with Gasteiger partial charge >= 0.3 is 0 Å². The molecule has 1 saturated carbocycles. The fraction of sp³-hybridized carbons (Fsp3) is 0.462. The van der Waals surface area contributed by atoms with Gasteiger partial charge < -0.3 is 4.74 Å². The number of methoxy groups -OCH3 is 1. The van der Waals surface area contributed by atoms with Gasteiger partial charge in [-0.05, 0) is 47.6 Å². The van der Waals surface area contributed by atoms with E-state index in [0.29, 0.717) is 18.8 Å². The van der Waals surface area contributed by atoms with Gasteiger partial charge in [-0.3, -0.25) is 9.59 Å². The average molecular weight is 393 g/mol. The van der Waals surface area contributed by atoms with Crippen molar-refractivity contribution in [3.63, 3.8) is 0 Å². The summed E-state index contributed by atoms with van der Waals surface area (Å²) >= 11 is 0. The second-order valence-electron chi connectivity index (χ2n) is 8.23. The van der Waals surface area contributed by atoms with E-state index in [1.807, 2.05) is 48.5 Å². The molecule has 0 N–H and O–H groups in total. The third kappa shape index (κ3) is 5.79. The molecule has 0 heterocycles. The van der Waals surface area contributed by atoms with E-state index in [-0.39, 0.29) is 11.6 Å². The Hall–Kier alpha value is -2.42. The molecule has 1 fully saturated rings. The Morgan fingerprint density at radius 1 is 0.966 bits per heavy atom. The van der Waals surface area contributed by atoms with Crippen molar-refractivity contribution in [3.05, 3.63) is 54.1 Å². The zero-order valence-corrected chi connectivity index (χ0v) is 17.7. The van der Waals surface area contributed by atoms with Crippen LogP contribution >= 0.6 is 0 Å². The second-order valence-corrected chi connectivity index (χ2v) is 8.23. The number of carbonyl (C=O) groups excluding carboxylic acids is 2. The van der Waals surface area contributed by atoms with Gasteiger partial charge in [-0.2, -0.15) is 0 Å². The maximum atomic E-state index is 12.7. The summed E-state index contributed by atoms with van der Waals surface area (Å²) in [6.45, 7) is 2.20. The summed E-state index contributed by atoms with van der Waals surface area (Å²) in [5, 5.41) is 0. The molecule has 3 rings (SSSR count). The average Bonchev–Trinajstić information content (AvgIpc) is 2.74. The van der Waals surface area contributed by atoms with Crippen molar-refractivity contribution in [2.24, 2.45) is 11.8 Å². The first-order valence-corrected chi connectivity index (χ1v) is 10.9. The van der Waals surface area contributed by atoms with Crippen molar-refractivity contribution in [1.29, 1.82) is 0 Å². The predicted molar refractivity (Wildman–Crippen MR) is 117 cm³/mol. The van der Waals surface area contributed by atoms with Gasteiger partial charge in [0.15, 0.2) is 0 Å². The predicted octanol–water partition coefficient (Wildman–Crippen LogP) is 6.04. The highest BCUT2D eigenvalue weighted by atomic mass is 16.5. The fourth-order valence-corrected chi connectivity index (χ4v) is 4.29. The maximum Gasteiger partial charge on any atom is 0.147 e. The lowest BCUT2D eigenvalue weighted by Gasteiger charge is -2.26. The number of ketones is 2. The van der Waals surface area contributed by atoms with Gasteiger partial charge in [-0.1, -0.05) is 69.0 Å². The van der Waals surface area contributed by atoms with Crippen LogP contribution in [0.4, 0.5) is 0 Å². The first kappa shape index (κ1) is 21.3. The Morgan fingerprint density at radius 3 is 2.21 bits per heavy atom. The third-order valence-corrected chi connectivity index (χ3v) is 6.10. The van der Waals surface area contributed by atoms with Crippen molar-refractivity contribution >= 4 is 11.6 Å². The summed E-state index contributed by atoms with van der Waals surface area (Å²) in [4.78, 5) is 25.3. The molecule has 0 aliphatic heterocycles. The van der Waals surface area contributed by atoms with Crippen molar-refractivity contribution in [1.82, 2.24) is 0 Å². The molecule has 1 aliphatic carbocycles. The summed E-state index contributed by atoms with van der Waals surface area (Å²) in [5.74, 6) is 1.18. The Labute approximate surface area is 174 Å². The zero-order chi connectivity index (χ0) is 20.6. The van der Waals surface area contributed by atoms with Crippen molar-refractivity contribution in [2.45, 2.75) is 58.3 Å². The van der Waals surface area contributed by atoms with Gasteiger partial charge in [0.05, 0.1) is 13.0 Å². The first-order chi connectivity index (χ1) is 14.1. The van der Waals surface area contributed by atoms with E-state index in [1.165, 1.54) is 19.3 Å². The molecule has 2 aromatic carbocycles. The van der Waals surface area contributed by atoms with Gasteiger partial charge in [-0.15, -0.1) is 0 Å². The van der Waals surface area contributed by atoms with Crippen LogP contribution in [0.2, 0.25) is 0 Å². The molecule has 2 aromatic rings. The summed E-state index contributed by atoms with van der Waals surface area (Å²) in [5.41, 5.74) is 3.19. The molecule has 0 aromatic heterocycles. The molecule has 3 heteroatoms. The van der Waals surface area contributed by atoms with Crippen molar-refractivity contribution in [3.8, 4) is 16.9 Å². The molecule has 0 radical (unpaired) electrons. The van der Waals surface area contributed by atoms with Crippen LogP contribution in [-0.4, -0.2) is 18.7 Å². The molecule has 0 saturated heterocycles. The van der Waals surface area contributed by atoms with Gasteiger partial charge in [0.1, 0.15) is 17.3 Å². The molecule has 1 aliphatic rings. The number of hydrogen-bond donors (Lipinski definition) is 0. The number of hydrogen-bond acceptors (Lipinski definition) is 3. The number of unbranched alkanes of at least 4 members (excludes halogenated alkanes) is 2. The van der Waals surface area contributed by atoms with E-state index in [9.17, 15) is 9.59 Å². The highest BCUT2D eigenvalue weighted by Crippen LogP contribution is 2.31. The molecular formula is C26H32O3. The molecular weight excluding hydrogens is 360 g/mol. The van der Waals surface area contributed by atoms with E-state index in [1.54, 1.807) is 7.11 Å². The summed E-state index contributed by atoms with van der Waals surface area (Å²) < 4.78 is 5.20. The molecule has 0 spiro atoms. The van der Waals surface area contributed by atoms with Crippen LogP contribution < -0.4 is 4.74 Å². The number of Topliss-reactive ketones (excluding diaryl/α,β-unsaturated/α-hetero) is 2. The minimum Gasteiger partial charge on any atom is -0.497 e. The van der Waals surface area contributed by atoms with Crippen molar-refractivity contribution in [2.75, 3.05) is 7.11 Å². The van der Waals surface area contributed by atoms with Crippen LogP contribution in [0.25, 0.3) is 11.1 Å². The van der Waals surface area contributed by atoms with Gasteiger partial charge in [-0.25, -0.2) is 0 Å². The number of carbonyl (C=O) groups is 2. The van der Waals surface area contributed by atoms with Crippen LogP contribution in [0, 0.1) is 11.8 Å². The van der Waals surface area contributed by atoms with Crippen LogP contribution in [0.5, 0.6) is 5.75 Å². The standard InChI is InChI=1S/C26H32O3/c1-3-4-5-6-19-9-16-24(25(27)17-19)26(28)18-20-7-10-21(11-8-20)22-12-14-23(29-2)15-13-22/h7-8,10-15,19,24H,3-6,9,16-18H2,1-2H3. The summed E-state index contributed by atoms with van der Waals surface area (Å²) in [6.07, 6.45) is 7.47. The lowest BCUT2D eigenvalue weighted by Crippen LogP contribution is -2.32. The lowest BCUT2D eigenvalue weighted by molar-refractivity contribution is -0.135. The number of rotatable bonds is 9. The highest BCUT2D eigenvalue weighted by molar-refractivity contribution is 6.03. The Bertz CT molecular complexity index is 805. The van der Waals surface area contributed by atoms with E-state index in [0.717, 1.165) is 41.7 Å². The van der Waals surface area contributed by atoms with Crippen LogP contribution in [0.3, 0.4) is 0 Å². The van der Waals surface area contributed by atoms with Crippen molar-refractivity contribution < 1.29 is 14.3 Å². The molecule has 2 atom stereocenters. The van der Waals surface area contributed by atoms with Gasteiger partial charge in [0.2, 0.25) is 0 Å². The number of benzene rings is 2. The van der Waals surface area contributed by atoms with E-state index >= 15 is 0 Å². The third-order valence-electron chi connectivity index (χ3n) is 6.10. The summed E-state index contributed by atoms with van der Waals surface area (Å²) in [6, 6.07) is 16.0. The van der Waals surface area contributed by atoms with E-state index in [4.69, 9.17) is 4.74 Å². The van der Waals surface area contributed by atoms with Crippen LogP contribution in [0.15, 0.2) is 48.5 Å². The van der Waals surface area contributed by atoms with Gasteiger partial charge in [0.25, 0.3) is 0 Å². The molecule has 0 bridgehead atoms. The Balaban J connectivity index is 1.54. The smallest absolute Gasteiger partial charge is 0.147 e. The zero-order valence-electron chi connectivity index (χ0n) is 17.7. The quantitative estimate of drug-likeness (QED) is 0.386. The molecule has 154 valence electrons. The second kappa shape index (κ2) is 10.4. The minimum atomic E-state index is -0.390. The normalized spacial score (nSPS) is 19.2. The molecule has 0 amide bonds. The Kier molecular flexibility index (Phi) is 7.62. The maximum absolute atomic E-state index is 12.7. The fourth-order valence-electron chi connectivity index (χ4n) is 4.29. The highest BCUT2D eigenvalue weighted by Gasteiger charge is 2.32.